The molecule has 120 valence electrons. The second kappa shape index (κ2) is 8.63. The first-order valence-electron chi connectivity index (χ1n) is 7.93. The molecule has 5 heteroatoms. The predicted molar refractivity (Wildman–Crippen MR) is 94.3 cm³/mol. The van der Waals surface area contributed by atoms with Crippen LogP contribution in [0.2, 0.25) is 0 Å². The lowest BCUT2D eigenvalue weighted by molar-refractivity contribution is -0.0550. The molecule has 2 rings (SSSR count). The third kappa shape index (κ3) is 5.32. The van der Waals surface area contributed by atoms with Gasteiger partial charge in [0.2, 0.25) is 0 Å². The molecule has 1 aromatic heterocycles. The molecule has 2 atom stereocenters. The van der Waals surface area contributed by atoms with Crippen LogP contribution in [0.1, 0.15) is 32.1 Å². The van der Waals surface area contributed by atoms with Crippen molar-refractivity contribution in [2.45, 2.75) is 51.8 Å². The van der Waals surface area contributed by atoms with Gasteiger partial charge in [0.25, 0.3) is 0 Å². The van der Waals surface area contributed by atoms with Gasteiger partial charge in [-0.1, -0.05) is 6.92 Å². The van der Waals surface area contributed by atoms with Crippen molar-refractivity contribution in [1.82, 2.24) is 10.2 Å². The van der Waals surface area contributed by atoms with Crippen LogP contribution in [-0.2, 0) is 11.2 Å². The smallest absolute Gasteiger partial charge is 0.0858 e. The van der Waals surface area contributed by atoms with Crippen molar-refractivity contribution in [2.75, 3.05) is 26.2 Å². The molecule has 0 aliphatic carbocycles. The van der Waals surface area contributed by atoms with Crippen LogP contribution in [0.3, 0.4) is 0 Å². The topological polar surface area (TPSA) is 24.5 Å². The number of hydrogen-bond acceptors (Lipinski definition) is 4. The summed E-state index contributed by atoms with van der Waals surface area (Å²) in [7, 11) is 0. The lowest BCUT2D eigenvalue weighted by atomic mass is 10.0. The lowest BCUT2D eigenvalue weighted by Gasteiger charge is -2.39. The summed E-state index contributed by atoms with van der Waals surface area (Å²) in [6.07, 6.45) is 2.49. The Bertz CT molecular complexity index is 424. The highest BCUT2D eigenvalue weighted by atomic mass is 79.9. The fourth-order valence-corrected chi connectivity index (χ4v) is 4.29. The molecular formula is C16H27BrN2OS. The van der Waals surface area contributed by atoms with E-state index in [-0.39, 0.29) is 6.10 Å². The average Bonchev–Trinajstić information content (AvgIpc) is 2.89. The molecule has 21 heavy (non-hydrogen) atoms. The summed E-state index contributed by atoms with van der Waals surface area (Å²) in [6.45, 7) is 10.7. The number of nitrogens with one attached hydrogen (secondary N) is 1. The molecule has 3 nitrogen and oxygen atoms in total. The number of ether oxygens (including phenoxy) is 1. The molecule has 0 bridgehead atoms. The Hall–Kier alpha value is 0.0600. The van der Waals surface area contributed by atoms with Crippen LogP contribution in [0.25, 0.3) is 0 Å². The van der Waals surface area contributed by atoms with Crippen molar-refractivity contribution in [3.8, 4) is 0 Å². The Kier molecular flexibility index (Phi) is 7.16. The van der Waals surface area contributed by atoms with E-state index < -0.39 is 0 Å². The largest absolute Gasteiger partial charge is 0.374 e. The number of thiophene rings is 1. The Morgan fingerprint density at radius 3 is 2.90 bits per heavy atom. The number of halogens is 1. The van der Waals surface area contributed by atoms with Crippen molar-refractivity contribution in [2.24, 2.45) is 0 Å². The van der Waals surface area contributed by atoms with E-state index in [4.69, 9.17) is 4.74 Å². The van der Waals surface area contributed by atoms with Gasteiger partial charge in [-0.3, -0.25) is 4.90 Å². The first-order chi connectivity index (χ1) is 10.1. The molecule has 0 spiro atoms. The van der Waals surface area contributed by atoms with Crippen LogP contribution in [0, 0.1) is 0 Å². The van der Waals surface area contributed by atoms with E-state index in [1.54, 1.807) is 0 Å². The number of morpholine rings is 1. The van der Waals surface area contributed by atoms with Crippen LogP contribution in [0.15, 0.2) is 15.9 Å². The predicted octanol–water partition coefficient (Wildman–Crippen LogP) is 3.53. The fourth-order valence-electron chi connectivity index (χ4n) is 2.75. The molecule has 1 aliphatic heterocycles. The highest BCUT2D eigenvalue weighted by molar-refractivity contribution is 9.11. The van der Waals surface area contributed by atoms with Crippen molar-refractivity contribution in [3.63, 3.8) is 0 Å². The van der Waals surface area contributed by atoms with Crippen molar-refractivity contribution >= 4 is 27.3 Å². The minimum absolute atomic E-state index is 0.286. The summed E-state index contributed by atoms with van der Waals surface area (Å²) in [5.74, 6) is 0. The van der Waals surface area contributed by atoms with Crippen LogP contribution in [0.4, 0.5) is 0 Å². The van der Waals surface area contributed by atoms with Gasteiger partial charge in [0.05, 0.1) is 16.5 Å². The molecule has 1 aromatic rings. The van der Waals surface area contributed by atoms with E-state index in [2.05, 4.69) is 59.1 Å². The van der Waals surface area contributed by atoms with Crippen LogP contribution < -0.4 is 5.32 Å². The van der Waals surface area contributed by atoms with Gasteiger partial charge < -0.3 is 10.1 Å². The van der Waals surface area contributed by atoms with Crippen molar-refractivity contribution < 1.29 is 4.74 Å². The molecule has 2 heterocycles. The SMILES string of the molecule is CCCNC(Cc1ccc(Br)s1)C1CN(C(C)C)CCO1. The average molecular weight is 375 g/mol. The zero-order valence-electron chi connectivity index (χ0n) is 13.3. The first-order valence-corrected chi connectivity index (χ1v) is 9.54. The number of hydrogen-bond donors (Lipinski definition) is 1. The molecule has 0 amide bonds. The third-order valence-electron chi connectivity index (χ3n) is 4.01. The van der Waals surface area contributed by atoms with Gasteiger partial charge in [-0.2, -0.15) is 0 Å². The Labute approximate surface area is 141 Å². The minimum atomic E-state index is 0.286. The second-order valence-corrected chi connectivity index (χ2v) is 8.52. The summed E-state index contributed by atoms with van der Waals surface area (Å²) in [4.78, 5) is 3.94. The Morgan fingerprint density at radius 1 is 1.48 bits per heavy atom. The third-order valence-corrected chi connectivity index (χ3v) is 5.66. The standard InChI is InChI=1S/C16H27BrN2OS/c1-4-7-18-14(10-13-5-6-16(17)21-13)15-11-19(12(2)3)8-9-20-15/h5-6,12,14-15,18H,4,7-11H2,1-3H3. The van der Waals surface area contributed by atoms with Gasteiger partial charge in [0, 0.05) is 30.1 Å². The van der Waals surface area contributed by atoms with Crippen LogP contribution in [0.5, 0.6) is 0 Å². The highest BCUT2D eigenvalue weighted by Crippen LogP contribution is 2.24. The fraction of sp³-hybridized carbons (Fsp3) is 0.750. The van der Waals surface area contributed by atoms with Crippen LogP contribution >= 0.6 is 27.3 Å². The van der Waals surface area contributed by atoms with Gasteiger partial charge in [0.1, 0.15) is 0 Å². The molecule has 2 unspecified atom stereocenters. The molecule has 1 fully saturated rings. The van der Waals surface area contributed by atoms with E-state index in [1.165, 1.54) is 8.66 Å². The van der Waals surface area contributed by atoms with Crippen LogP contribution in [-0.4, -0.2) is 49.3 Å². The lowest BCUT2D eigenvalue weighted by Crippen LogP contribution is -2.54. The molecular weight excluding hydrogens is 348 g/mol. The van der Waals surface area contributed by atoms with E-state index in [0.29, 0.717) is 12.1 Å². The van der Waals surface area contributed by atoms with E-state index in [1.807, 2.05) is 11.3 Å². The maximum Gasteiger partial charge on any atom is 0.0858 e. The summed E-state index contributed by atoms with van der Waals surface area (Å²) in [6, 6.07) is 5.36. The summed E-state index contributed by atoms with van der Waals surface area (Å²) >= 11 is 5.39. The molecule has 0 saturated carbocycles. The summed E-state index contributed by atoms with van der Waals surface area (Å²) < 4.78 is 7.29. The maximum absolute atomic E-state index is 6.09. The molecule has 1 aliphatic rings. The minimum Gasteiger partial charge on any atom is -0.374 e. The van der Waals surface area contributed by atoms with Gasteiger partial charge in [-0.05, 0) is 61.3 Å². The van der Waals surface area contributed by atoms with Gasteiger partial charge in [-0.15, -0.1) is 11.3 Å². The molecule has 0 radical (unpaired) electrons. The number of nitrogens with zero attached hydrogens (tertiary/aromatic N) is 1. The van der Waals surface area contributed by atoms with Crippen molar-refractivity contribution in [3.05, 3.63) is 20.8 Å². The van der Waals surface area contributed by atoms with Crippen molar-refractivity contribution in [1.29, 1.82) is 0 Å². The summed E-state index contributed by atoms with van der Waals surface area (Å²) in [5.41, 5.74) is 0. The van der Waals surface area contributed by atoms with E-state index in [9.17, 15) is 0 Å². The Morgan fingerprint density at radius 2 is 2.29 bits per heavy atom. The van der Waals surface area contributed by atoms with Gasteiger partial charge >= 0.3 is 0 Å². The quantitative estimate of drug-likeness (QED) is 0.789. The number of rotatable bonds is 7. The monoisotopic (exact) mass is 374 g/mol. The van der Waals surface area contributed by atoms with Gasteiger partial charge in [-0.25, -0.2) is 0 Å². The first kappa shape index (κ1) is 17.4. The Balaban J connectivity index is 2.00. The normalized spacial score (nSPS) is 21.9. The van der Waals surface area contributed by atoms with E-state index >= 15 is 0 Å². The zero-order valence-corrected chi connectivity index (χ0v) is 15.7. The molecule has 0 aromatic carbocycles. The highest BCUT2D eigenvalue weighted by Gasteiger charge is 2.29. The molecule has 1 saturated heterocycles. The summed E-state index contributed by atoms with van der Waals surface area (Å²) in [5, 5.41) is 3.70. The van der Waals surface area contributed by atoms with Gasteiger partial charge in [0.15, 0.2) is 0 Å². The zero-order chi connectivity index (χ0) is 15.2. The maximum atomic E-state index is 6.09. The second-order valence-electron chi connectivity index (χ2n) is 5.97. The van der Waals surface area contributed by atoms with E-state index in [0.717, 1.165) is 39.1 Å². The molecule has 1 N–H and O–H groups in total.